The van der Waals surface area contributed by atoms with E-state index in [0.717, 1.165) is 5.56 Å². The highest BCUT2D eigenvalue weighted by atomic mass is 35.5. The molecule has 0 bridgehead atoms. The standard InChI is InChI=1S/C18H21ClN2O3S/c1-3-17(13-7-5-8-14(19)11-13)21-18(22)20-15-9-6-10-16(12-15)25(23,24)4-2/h5-12,17H,3-4H2,1-2H3,(H2,20,21,22). The number of rotatable bonds is 6. The SMILES string of the molecule is CCC(NC(=O)Nc1cccc(S(=O)(=O)CC)c1)c1cccc(Cl)c1. The van der Waals surface area contributed by atoms with Crippen molar-refractivity contribution in [3.05, 3.63) is 59.1 Å². The van der Waals surface area contributed by atoms with Gasteiger partial charge in [0.25, 0.3) is 0 Å². The zero-order valence-corrected chi connectivity index (χ0v) is 15.7. The minimum Gasteiger partial charge on any atom is -0.331 e. The van der Waals surface area contributed by atoms with E-state index in [-0.39, 0.29) is 16.7 Å². The molecule has 0 saturated heterocycles. The lowest BCUT2D eigenvalue weighted by molar-refractivity contribution is 0.248. The molecule has 2 aromatic carbocycles. The van der Waals surface area contributed by atoms with Gasteiger partial charge in [-0.05, 0) is 42.3 Å². The largest absolute Gasteiger partial charge is 0.331 e. The molecule has 0 aliphatic carbocycles. The molecule has 2 aromatic rings. The number of sulfone groups is 1. The second-order valence-corrected chi connectivity index (χ2v) is 8.26. The quantitative estimate of drug-likeness (QED) is 0.779. The number of anilines is 1. The Labute approximate surface area is 153 Å². The molecule has 1 unspecified atom stereocenters. The van der Waals surface area contributed by atoms with Gasteiger partial charge in [-0.15, -0.1) is 0 Å². The van der Waals surface area contributed by atoms with Crippen molar-refractivity contribution in [1.29, 1.82) is 0 Å². The summed E-state index contributed by atoms with van der Waals surface area (Å²) in [4.78, 5) is 12.5. The third-order valence-electron chi connectivity index (χ3n) is 3.80. The summed E-state index contributed by atoms with van der Waals surface area (Å²) in [6.45, 7) is 3.54. The normalized spacial score (nSPS) is 12.4. The maximum absolute atomic E-state index is 12.3. The van der Waals surface area contributed by atoms with Crippen LogP contribution in [0, 0.1) is 0 Å². The second kappa shape index (κ2) is 8.36. The van der Waals surface area contributed by atoms with Gasteiger partial charge in [0.15, 0.2) is 9.84 Å². The highest BCUT2D eigenvalue weighted by molar-refractivity contribution is 7.91. The lowest BCUT2D eigenvalue weighted by atomic mass is 10.1. The van der Waals surface area contributed by atoms with Crippen molar-refractivity contribution in [2.24, 2.45) is 0 Å². The third kappa shape index (κ3) is 5.21. The number of carbonyl (C=O) groups is 1. The Bertz CT molecular complexity index is 853. The number of halogens is 1. The first-order valence-corrected chi connectivity index (χ1v) is 10.0. The van der Waals surface area contributed by atoms with Crippen molar-refractivity contribution in [2.75, 3.05) is 11.1 Å². The van der Waals surface area contributed by atoms with Crippen LogP contribution in [0.2, 0.25) is 5.02 Å². The van der Waals surface area contributed by atoms with Crippen LogP contribution in [0.4, 0.5) is 10.5 Å². The summed E-state index contributed by atoms with van der Waals surface area (Å²) >= 11 is 6.00. The Morgan fingerprint density at radius 3 is 2.48 bits per heavy atom. The van der Waals surface area contributed by atoms with Crippen molar-refractivity contribution >= 4 is 33.2 Å². The van der Waals surface area contributed by atoms with E-state index in [1.165, 1.54) is 12.1 Å². The highest BCUT2D eigenvalue weighted by Crippen LogP contribution is 2.21. The third-order valence-corrected chi connectivity index (χ3v) is 5.76. The van der Waals surface area contributed by atoms with Gasteiger partial charge in [0.1, 0.15) is 0 Å². The van der Waals surface area contributed by atoms with Gasteiger partial charge in [0, 0.05) is 10.7 Å². The van der Waals surface area contributed by atoms with E-state index in [1.54, 1.807) is 25.1 Å². The zero-order valence-electron chi connectivity index (χ0n) is 14.1. The first kappa shape index (κ1) is 19.3. The van der Waals surface area contributed by atoms with Gasteiger partial charge < -0.3 is 10.6 Å². The molecule has 0 aliphatic heterocycles. The van der Waals surface area contributed by atoms with Crippen molar-refractivity contribution in [1.82, 2.24) is 5.32 Å². The molecular weight excluding hydrogens is 360 g/mol. The number of urea groups is 1. The Kier molecular flexibility index (Phi) is 6.45. The van der Waals surface area contributed by atoms with Crippen LogP contribution in [0.15, 0.2) is 53.4 Å². The van der Waals surface area contributed by atoms with Gasteiger partial charge in [-0.3, -0.25) is 0 Å². The molecule has 1 atom stereocenters. The summed E-state index contributed by atoms with van der Waals surface area (Å²) in [6.07, 6.45) is 0.692. The van der Waals surface area contributed by atoms with Gasteiger partial charge in [0.2, 0.25) is 0 Å². The molecule has 25 heavy (non-hydrogen) atoms. The lowest BCUT2D eigenvalue weighted by Crippen LogP contribution is -2.32. The number of hydrogen-bond acceptors (Lipinski definition) is 3. The molecule has 0 heterocycles. The Balaban J connectivity index is 2.10. The molecule has 5 nitrogen and oxygen atoms in total. The van der Waals surface area contributed by atoms with Gasteiger partial charge in [-0.2, -0.15) is 0 Å². The van der Waals surface area contributed by atoms with Crippen molar-refractivity contribution in [3.63, 3.8) is 0 Å². The fraction of sp³-hybridized carbons (Fsp3) is 0.278. The smallest absolute Gasteiger partial charge is 0.319 e. The maximum Gasteiger partial charge on any atom is 0.319 e. The molecule has 7 heteroatoms. The highest BCUT2D eigenvalue weighted by Gasteiger charge is 2.15. The Morgan fingerprint density at radius 1 is 1.12 bits per heavy atom. The Hall–Kier alpha value is -2.05. The summed E-state index contributed by atoms with van der Waals surface area (Å²) in [5.74, 6) is 0.00925. The summed E-state index contributed by atoms with van der Waals surface area (Å²) in [5, 5.41) is 6.16. The monoisotopic (exact) mass is 380 g/mol. The molecule has 0 aromatic heterocycles. The predicted molar refractivity (Wildman–Crippen MR) is 101 cm³/mol. The van der Waals surface area contributed by atoms with Crippen LogP contribution in [0.3, 0.4) is 0 Å². The van der Waals surface area contributed by atoms with Crippen molar-refractivity contribution in [2.45, 2.75) is 31.2 Å². The molecule has 2 N–H and O–H groups in total. The van der Waals surface area contributed by atoms with Crippen LogP contribution >= 0.6 is 11.6 Å². The van der Waals surface area contributed by atoms with Gasteiger partial charge in [-0.25, -0.2) is 13.2 Å². The maximum atomic E-state index is 12.3. The van der Waals surface area contributed by atoms with Crippen LogP contribution in [-0.2, 0) is 9.84 Å². The number of nitrogens with one attached hydrogen (secondary N) is 2. The average Bonchev–Trinajstić information content (AvgIpc) is 2.60. The molecule has 0 aliphatic rings. The Morgan fingerprint density at radius 2 is 1.84 bits per heavy atom. The first-order valence-electron chi connectivity index (χ1n) is 8.01. The summed E-state index contributed by atoms with van der Waals surface area (Å²) in [6, 6.07) is 12.9. The van der Waals surface area contributed by atoms with Crippen molar-refractivity contribution in [3.8, 4) is 0 Å². The van der Waals surface area contributed by atoms with Gasteiger partial charge >= 0.3 is 6.03 Å². The topological polar surface area (TPSA) is 75.3 Å². The molecule has 0 spiro atoms. The summed E-state index contributed by atoms with van der Waals surface area (Å²) in [5.41, 5.74) is 1.33. The second-order valence-electron chi connectivity index (χ2n) is 5.55. The molecular formula is C18H21ClN2O3S. The van der Waals surface area contributed by atoms with E-state index < -0.39 is 15.9 Å². The minimum absolute atomic E-state index is 0.00925. The average molecular weight is 381 g/mol. The van der Waals surface area contributed by atoms with E-state index in [1.807, 2.05) is 25.1 Å². The van der Waals surface area contributed by atoms with E-state index in [9.17, 15) is 13.2 Å². The van der Waals surface area contributed by atoms with E-state index >= 15 is 0 Å². The van der Waals surface area contributed by atoms with Crippen LogP contribution in [0.1, 0.15) is 31.9 Å². The molecule has 0 radical (unpaired) electrons. The molecule has 2 rings (SSSR count). The number of amides is 2. The molecule has 2 amide bonds. The molecule has 134 valence electrons. The fourth-order valence-corrected chi connectivity index (χ4v) is 3.53. The van der Waals surface area contributed by atoms with Crippen LogP contribution < -0.4 is 10.6 Å². The first-order chi connectivity index (χ1) is 11.9. The summed E-state index contributed by atoms with van der Waals surface area (Å²) < 4.78 is 23.9. The summed E-state index contributed by atoms with van der Waals surface area (Å²) in [7, 11) is -3.32. The number of hydrogen-bond donors (Lipinski definition) is 2. The van der Waals surface area contributed by atoms with E-state index in [2.05, 4.69) is 10.6 Å². The fourth-order valence-electron chi connectivity index (χ4n) is 2.40. The lowest BCUT2D eigenvalue weighted by Gasteiger charge is -2.18. The number of benzene rings is 2. The van der Waals surface area contributed by atoms with Gasteiger partial charge in [0.05, 0.1) is 16.7 Å². The van der Waals surface area contributed by atoms with E-state index in [0.29, 0.717) is 17.1 Å². The van der Waals surface area contributed by atoms with Crippen molar-refractivity contribution < 1.29 is 13.2 Å². The number of carbonyl (C=O) groups excluding carboxylic acids is 1. The van der Waals surface area contributed by atoms with Crippen LogP contribution in [0.5, 0.6) is 0 Å². The van der Waals surface area contributed by atoms with Gasteiger partial charge in [-0.1, -0.05) is 43.6 Å². The predicted octanol–water partition coefficient (Wildman–Crippen LogP) is 4.41. The molecule has 0 saturated carbocycles. The van der Waals surface area contributed by atoms with Crippen LogP contribution in [-0.4, -0.2) is 20.2 Å². The molecule has 0 fully saturated rings. The van der Waals surface area contributed by atoms with E-state index in [4.69, 9.17) is 11.6 Å². The van der Waals surface area contributed by atoms with Crippen LogP contribution in [0.25, 0.3) is 0 Å². The minimum atomic E-state index is -3.32. The zero-order chi connectivity index (χ0) is 18.4.